The van der Waals surface area contributed by atoms with Gasteiger partial charge >= 0.3 is 0 Å². The van der Waals surface area contributed by atoms with Gasteiger partial charge in [-0.2, -0.15) is 0 Å². The lowest BCUT2D eigenvalue weighted by Gasteiger charge is -2.42. The molecule has 0 bridgehead atoms. The summed E-state index contributed by atoms with van der Waals surface area (Å²) < 4.78 is 0. The molecule has 0 atom stereocenters. The molecule has 2 heteroatoms. The van der Waals surface area contributed by atoms with E-state index < -0.39 is 0 Å². The molecule has 0 unspecified atom stereocenters. The molecule has 1 N–H and O–H groups in total. The number of likely N-dealkylation sites (tertiary alicyclic amines) is 1. The van der Waals surface area contributed by atoms with Crippen LogP contribution in [0, 0.1) is 5.41 Å². The summed E-state index contributed by atoms with van der Waals surface area (Å²) in [5, 5.41) is 3.76. The van der Waals surface area contributed by atoms with Crippen LogP contribution in [0.4, 0.5) is 0 Å². The Balaban J connectivity index is 2.04. The van der Waals surface area contributed by atoms with Gasteiger partial charge in [-0.3, -0.25) is 4.90 Å². The fourth-order valence-electron chi connectivity index (χ4n) is 4.15. The van der Waals surface area contributed by atoms with Gasteiger partial charge in [0.05, 0.1) is 0 Å². The van der Waals surface area contributed by atoms with E-state index in [0.717, 1.165) is 0 Å². The third kappa shape index (κ3) is 4.21. The lowest BCUT2D eigenvalue weighted by Crippen LogP contribution is -2.49. The highest BCUT2D eigenvalue weighted by Crippen LogP contribution is 2.39. The minimum atomic E-state index is 0.428. The predicted octanol–water partition coefficient (Wildman–Crippen LogP) is 4.20. The van der Waals surface area contributed by atoms with Gasteiger partial charge in [0.1, 0.15) is 0 Å². The Morgan fingerprint density at radius 2 is 1.60 bits per heavy atom. The molecule has 0 aromatic rings. The van der Waals surface area contributed by atoms with Crippen molar-refractivity contribution in [2.45, 2.75) is 90.6 Å². The van der Waals surface area contributed by atoms with Gasteiger partial charge in [-0.15, -0.1) is 0 Å². The summed E-state index contributed by atoms with van der Waals surface area (Å²) in [4.78, 5) is 2.79. The third-order valence-corrected chi connectivity index (χ3v) is 5.65. The van der Waals surface area contributed by atoms with Crippen molar-refractivity contribution in [2.24, 2.45) is 5.41 Å². The zero-order chi connectivity index (χ0) is 14.6. The lowest BCUT2D eigenvalue weighted by molar-refractivity contribution is 0.0800. The summed E-state index contributed by atoms with van der Waals surface area (Å²) in [6.45, 7) is 13.3. The topological polar surface area (TPSA) is 15.3 Å². The van der Waals surface area contributed by atoms with E-state index in [4.69, 9.17) is 0 Å². The summed E-state index contributed by atoms with van der Waals surface area (Å²) in [5.74, 6) is 0. The molecule has 1 aliphatic carbocycles. The minimum absolute atomic E-state index is 0.428. The van der Waals surface area contributed by atoms with Crippen molar-refractivity contribution < 1.29 is 0 Å². The quantitative estimate of drug-likeness (QED) is 0.759. The number of hydrogen-bond acceptors (Lipinski definition) is 2. The van der Waals surface area contributed by atoms with Crippen LogP contribution in [0.3, 0.4) is 0 Å². The first-order valence-corrected chi connectivity index (χ1v) is 8.92. The van der Waals surface area contributed by atoms with Crippen LogP contribution >= 0.6 is 0 Å². The van der Waals surface area contributed by atoms with Gasteiger partial charge in [-0.1, -0.05) is 39.5 Å². The van der Waals surface area contributed by atoms with Crippen molar-refractivity contribution in [1.29, 1.82) is 0 Å². The molecule has 0 radical (unpaired) electrons. The van der Waals surface area contributed by atoms with E-state index in [1.807, 2.05) is 0 Å². The van der Waals surface area contributed by atoms with Gasteiger partial charge in [-0.05, 0) is 51.5 Å². The molecular weight excluding hydrogens is 244 g/mol. The zero-order valence-corrected chi connectivity index (χ0v) is 14.3. The molecule has 0 aromatic carbocycles. The van der Waals surface area contributed by atoms with Crippen molar-refractivity contribution in [3.8, 4) is 0 Å². The van der Waals surface area contributed by atoms with E-state index >= 15 is 0 Å². The van der Waals surface area contributed by atoms with E-state index in [-0.39, 0.29) is 0 Å². The van der Waals surface area contributed by atoms with Crippen molar-refractivity contribution >= 4 is 0 Å². The third-order valence-electron chi connectivity index (χ3n) is 5.65. The fraction of sp³-hybridized carbons (Fsp3) is 1.00. The van der Waals surface area contributed by atoms with Crippen LogP contribution in [0.2, 0.25) is 0 Å². The van der Waals surface area contributed by atoms with Gasteiger partial charge in [0.25, 0.3) is 0 Å². The first-order valence-electron chi connectivity index (χ1n) is 8.92. The molecule has 0 aromatic heterocycles. The average Bonchev–Trinajstić information content (AvgIpc) is 2.60. The standard InChI is InChI=1S/C18H36N2/c1-16(2)19-14-18(11-7-5-6-8-12-18)15-20-13-9-10-17(20,3)4/h16,19H,5-15H2,1-4H3. The maximum Gasteiger partial charge on any atom is 0.0153 e. The van der Waals surface area contributed by atoms with Crippen molar-refractivity contribution in [2.75, 3.05) is 19.6 Å². The van der Waals surface area contributed by atoms with Crippen LogP contribution < -0.4 is 5.32 Å². The first-order chi connectivity index (χ1) is 9.44. The van der Waals surface area contributed by atoms with Crippen LogP contribution in [-0.2, 0) is 0 Å². The maximum atomic E-state index is 3.76. The van der Waals surface area contributed by atoms with Crippen LogP contribution in [0.5, 0.6) is 0 Å². The van der Waals surface area contributed by atoms with E-state index in [1.54, 1.807) is 0 Å². The summed E-state index contributed by atoms with van der Waals surface area (Å²) >= 11 is 0. The molecule has 20 heavy (non-hydrogen) atoms. The highest BCUT2D eigenvalue weighted by atomic mass is 15.2. The molecule has 118 valence electrons. The van der Waals surface area contributed by atoms with E-state index in [1.165, 1.54) is 71.0 Å². The molecule has 2 nitrogen and oxygen atoms in total. The summed E-state index contributed by atoms with van der Waals surface area (Å²) in [6, 6.07) is 0.613. The van der Waals surface area contributed by atoms with Gasteiger partial charge < -0.3 is 5.32 Å². The summed E-state index contributed by atoms with van der Waals surface area (Å²) in [5.41, 5.74) is 0.958. The monoisotopic (exact) mass is 280 g/mol. The van der Waals surface area contributed by atoms with Crippen LogP contribution in [-0.4, -0.2) is 36.1 Å². The SMILES string of the molecule is CC(C)NCC1(CN2CCCC2(C)C)CCCCCC1. The van der Waals surface area contributed by atoms with Gasteiger partial charge in [0.15, 0.2) is 0 Å². The number of nitrogens with one attached hydrogen (secondary N) is 1. The normalized spacial score (nSPS) is 26.9. The molecule has 1 saturated carbocycles. The average molecular weight is 280 g/mol. The highest BCUT2D eigenvalue weighted by molar-refractivity contribution is 4.94. The van der Waals surface area contributed by atoms with Gasteiger partial charge in [0.2, 0.25) is 0 Å². The van der Waals surface area contributed by atoms with Gasteiger partial charge in [0, 0.05) is 24.7 Å². The zero-order valence-electron chi connectivity index (χ0n) is 14.3. The largest absolute Gasteiger partial charge is 0.314 e. The van der Waals surface area contributed by atoms with Crippen molar-refractivity contribution in [1.82, 2.24) is 10.2 Å². The number of nitrogens with zero attached hydrogens (tertiary/aromatic N) is 1. The molecule has 1 aliphatic heterocycles. The first kappa shape index (κ1) is 16.3. The van der Waals surface area contributed by atoms with Crippen LogP contribution in [0.1, 0.15) is 79.1 Å². The van der Waals surface area contributed by atoms with Crippen LogP contribution in [0.25, 0.3) is 0 Å². The van der Waals surface area contributed by atoms with E-state index in [0.29, 0.717) is 17.0 Å². The maximum absolute atomic E-state index is 3.76. The molecule has 2 fully saturated rings. The molecule has 2 rings (SSSR count). The highest BCUT2D eigenvalue weighted by Gasteiger charge is 2.39. The summed E-state index contributed by atoms with van der Waals surface area (Å²) in [6.07, 6.45) is 11.4. The summed E-state index contributed by atoms with van der Waals surface area (Å²) in [7, 11) is 0. The Hall–Kier alpha value is -0.0800. The molecule has 2 aliphatic rings. The van der Waals surface area contributed by atoms with E-state index in [2.05, 4.69) is 37.9 Å². The van der Waals surface area contributed by atoms with Crippen LogP contribution in [0.15, 0.2) is 0 Å². The molecule has 1 heterocycles. The Labute approximate surface area is 126 Å². The smallest absolute Gasteiger partial charge is 0.0153 e. The Bertz CT molecular complexity index is 288. The molecule has 0 spiro atoms. The molecule has 1 saturated heterocycles. The van der Waals surface area contributed by atoms with Crippen molar-refractivity contribution in [3.05, 3.63) is 0 Å². The second kappa shape index (κ2) is 6.79. The van der Waals surface area contributed by atoms with Gasteiger partial charge in [-0.25, -0.2) is 0 Å². The predicted molar refractivity (Wildman–Crippen MR) is 88.2 cm³/mol. The second-order valence-electron chi connectivity index (χ2n) is 8.29. The fourth-order valence-corrected chi connectivity index (χ4v) is 4.15. The number of hydrogen-bond donors (Lipinski definition) is 1. The Kier molecular flexibility index (Phi) is 5.53. The minimum Gasteiger partial charge on any atom is -0.314 e. The second-order valence-corrected chi connectivity index (χ2v) is 8.29. The van der Waals surface area contributed by atoms with Crippen molar-refractivity contribution in [3.63, 3.8) is 0 Å². The number of rotatable bonds is 5. The lowest BCUT2D eigenvalue weighted by atomic mass is 9.78. The molecule has 0 amide bonds. The molecular formula is C18H36N2. The Morgan fingerprint density at radius 1 is 0.950 bits per heavy atom. The van der Waals surface area contributed by atoms with E-state index in [9.17, 15) is 0 Å². The Morgan fingerprint density at radius 3 is 2.10 bits per heavy atom.